The Bertz CT molecular complexity index is 835. The standard InChI is InChI=1S/C20H16O3/c1-13-11-15(21)12-17(14-7-3-2-4-8-14)20(13)16-9-5-6-10-18(16)23-19(20)22/h2-11,17H,12H2,1H3/t17-,20+/m1/s1. The third-order valence-corrected chi connectivity index (χ3v) is 4.97. The zero-order valence-electron chi connectivity index (χ0n) is 12.8. The fourth-order valence-electron chi connectivity index (χ4n) is 3.97. The summed E-state index contributed by atoms with van der Waals surface area (Å²) in [6.07, 6.45) is 1.91. The fourth-order valence-corrected chi connectivity index (χ4v) is 3.97. The first-order valence-corrected chi connectivity index (χ1v) is 7.72. The van der Waals surface area contributed by atoms with Crippen LogP contribution in [0, 0.1) is 0 Å². The van der Waals surface area contributed by atoms with Gasteiger partial charge in [0.1, 0.15) is 11.2 Å². The molecule has 2 aromatic carbocycles. The van der Waals surface area contributed by atoms with Crippen molar-refractivity contribution >= 4 is 11.8 Å². The second-order valence-electron chi connectivity index (χ2n) is 6.15. The molecule has 0 unspecified atom stereocenters. The van der Waals surface area contributed by atoms with Crippen LogP contribution in [0.15, 0.2) is 66.2 Å². The minimum Gasteiger partial charge on any atom is -0.425 e. The summed E-state index contributed by atoms with van der Waals surface area (Å²) in [6, 6.07) is 17.3. The second-order valence-corrected chi connectivity index (χ2v) is 6.15. The molecule has 1 aliphatic heterocycles. The van der Waals surface area contributed by atoms with Crippen molar-refractivity contribution < 1.29 is 14.3 Å². The Kier molecular flexibility index (Phi) is 2.98. The van der Waals surface area contributed by atoms with Crippen molar-refractivity contribution in [2.75, 3.05) is 0 Å². The minimum absolute atomic E-state index is 0.0548. The molecular formula is C20H16O3. The smallest absolute Gasteiger partial charge is 0.326 e. The number of carbonyl (C=O) groups is 2. The van der Waals surface area contributed by atoms with Crippen molar-refractivity contribution in [1.29, 1.82) is 0 Å². The Morgan fingerprint density at radius 2 is 1.70 bits per heavy atom. The van der Waals surface area contributed by atoms with E-state index in [0.717, 1.165) is 16.7 Å². The lowest BCUT2D eigenvalue weighted by Crippen LogP contribution is -2.44. The normalized spacial score (nSPS) is 26.0. The van der Waals surface area contributed by atoms with E-state index in [2.05, 4.69) is 0 Å². The highest BCUT2D eigenvalue weighted by Gasteiger charge is 2.57. The summed E-state index contributed by atoms with van der Waals surface area (Å²) in [5, 5.41) is 0. The van der Waals surface area contributed by atoms with Crippen molar-refractivity contribution in [3.05, 3.63) is 77.4 Å². The van der Waals surface area contributed by atoms with Gasteiger partial charge in [0.05, 0.1) is 0 Å². The molecule has 0 radical (unpaired) electrons. The maximum atomic E-state index is 12.9. The molecular weight excluding hydrogens is 288 g/mol. The van der Waals surface area contributed by atoms with Gasteiger partial charge in [-0.25, -0.2) is 0 Å². The van der Waals surface area contributed by atoms with Gasteiger partial charge in [0, 0.05) is 17.9 Å². The number of rotatable bonds is 1. The molecule has 2 aromatic rings. The summed E-state index contributed by atoms with van der Waals surface area (Å²) in [7, 11) is 0. The third kappa shape index (κ3) is 1.83. The second kappa shape index (κ2) is 4.92. The molecule has 1 spiro atoms. The number of allylic oxidation sites excluding steroid dienone is 1. The van der Waals surface area contributed by atoms with Gasteiger partial charge >= 0.3 is 5.97 Å². The molecule has 0 saturated carbocycles. The van der Waals surface area contributed by atoms with Gasteiger partial charge in [0.2, 0.25) is 0 Å². The van der Waals surface area contributed by atoms with Gasteiger partial charge in [-0.1, -0.05) is 48.5 Å². The molecule has 0 aromatic heterocycles. The summed E-state index contributed by atoms with van der Waals surface area (Å²) in [5.74, 6) is 0.130. The molecule has 3 heteroatoms. The Labute approximate surface area is 134 Å². The summed E-state index contributed by atoms with van der Waals surface area (Å²) in [4.78, 5) is 25.1. The summed E-state index contributed by atoms with van der Waals surface area (Å²) < 4.78 is 5.57. The lowest BCUT2D eigenvalue weighted by molar-refractivity contribution is -0.138. The van der Waals surface area contributed by atoms with Gasteiger partial charge < -0.3 is 4.74 Å². The lowest BCUT2D eigenvalue weighted by atomic mass is 9.60. The number of hydrogen-bond acceptors (Lipinski definition) is 3. The fraction of sp³-hybridized carbons (Fsp3) is 0.200. The van der Waals surface area contributed by atoms with E-state index in [9.17, 15) is 9.59 Å². The highest BCUT2D eigenvalue weighted by molar-refractivity contribution is 6.02. The van der Waals surface area contributed by atoms with E-state index >= 15 is 0 Å². The third-order valence-electron chi connectivity index (χ3n) is 4.97. The molecule has 1 heterocycles. The van der Waals surface area contributed by atoms with E-state index in [1.54, 1.807) is 6.08 Å². The van der Waals surface area contributed by atoms with E-state index in [1.807, 2.05) is 61.5 Å². The number of ether oxygens (including phenoxy) is 1. The van der Waals surface area contributed by atoms with Crippen molar-refractivity contribution in [2.24, 2.45) is 0 Å². The summed E-state index contributed by atoms with van der Waals surface area (Å²) in [5.41, 5.74) is 1.71. The van der Waals surface area contributed by atoms with Crippen molar-refractivity contribution in [1.82, 2.24) is 0 Å². The molecule has 3 nitrogen and oxygen atoms in total. The first-order chi connectivity index (χ1) is 11.1. The van der Waals surface area contributed by atoms with Crippen LogP contribution in [-0.2, 0) is 15.0 Å². The van der Waals surface area contributed by atoms with Crippen molar-refractivity contribution in [3.63, 3.8) is 0 Å². The van der Waals surface area contributed by atoms with Crippen LogP contribution in [0.1, 0.15) is 30.4 Å². The number of esters is 1. The van der Waals surface area contributed by atoms with Gasteiger partial charge in [-0.15, -0.1) is 0 Å². The molecule has 4 rings (SSSR count). The Morgan fingerprint density at radius 3 is 2.48 bits per heavy atom. The number of para-hydroxylation sites is 1. The number of hydrogen-bond donors (Lipinski definition) is 0. The quantitative estimate of drug-likeness (QED) is 0.598. The number of fused-ring (bicyclic) bond motifs is 2. The largest absolute Gasteiger partial charge is 0.425 e. The first kappa shape index (κ1) is 13.9. The molecule has 2 atom stereocenters. The minimum atomic E-state index is -0.897. The Hall–Kier alpha value is -2.68. The lowest BCUT2D eigenvalue weighted by Gasteiger charge is -2.38. The molecule has 1 aliphatic carbocycles. The zero-order valence-corrected chi connectivity index (χ0v) is 12.8. The molecule has 0 bridgehead atoms. The van der Waals surface area contributed by atoms with Crippen LogP contribution in [0.2, 0.25) is 0 Å². The summed E-state index contributed by atoms with van der Waals surface area (Å²) >= 11 is 0. The molecule has 0 N–H and O–H groups in total. The van der Waals surface area contributed by atoms with Crippen LogP contribution in [0.3, 0.4) is 0 Å². The van der Waals surface area contributed by atoms with Crippen LogP contribution >= 0.6 is 0 Å². The predicted molar refractivity (Wildman–Crippen MR) is 86.3 cm³/mol. The van der Waals surface area contributed by atoms with Crippen LogP contribution in [-0.4, -0.2) is 11.8 Å². The maximum Gasteiger partial charge on any atom is 0.326 e. The SMILES string of the molecule is CC1=CC(=O)C[C@H](c2ccccc2)[C@]12C(=O)Oc1ccccc12. The van der Waals surface area contributed by atoms with Gasteiger partial charge in [0.25, 0.3) is 0 Å². The van der Waals surface area contributed by atoms with Gasteiger partial charge in [-0.3, -0.25) is 9.59 Å². The van der Waals surface area contributed by atoms with Crippen LogP contribution < -0.4 is 4.74 Å². The van der Waals surface area contributed by atoms with Crippen LogP contribution in [0.25, 0.3) is 0 Å². The van der Waals surface area contributed by atoms with Crippen molar-refractivity contribution in [3.8, 4) is 5.75 Å². The summed E-state index contributed by atoms with van der Waals surface area (Å²) in [6.45, 7) is 1.86. The Morgan fingerprint density at radius 1 is 1.00 bits per heavy atom. The van der Waals surface area contributed by atoms with Gasteiger partial charge in [-0.2, -0.15) is 0 Å². The van der Waals surface area contributed by atoms with E-state index in [1.165, 1.54) is 0 Å². The average molecular weight is 304 g/mol. The van der Waals surface area contributed by atoms with Gasteiger partial charge in [-0.05, 0) is 30.2 Å². The van der Waals surface area contributed by atoms with E-state index < -0.39 is 5.41 Å². The van der Waals surface area contributed by atoms with Crippen molar-refractivity contribution in [2.45, 2.75) is 24.7 Å². The average Bonchev–Trinajstić information content (AvgIpc) is 2.85. The number of benzene rings is 2. The molecule has 114 valence electrons. The monoisotopic (exact) mass is 304 g/mol. The van der Waals surface area contributed by atoms with Gasteiger partial charge in [0.15, 0.2) is 5.78 Å². The molecule has 0 saturated heterocycles. The zero-order chi connectivity index (χ0) is 16.0. The highest BCUT2D eigenvalue weighted by atomic mass is 16.5. The maximum absolute atomic E-state index is 12.9. The van der Waals surface area contributed by atoms with E-state index in [0.29, 0.717) is 12.2 Å². The predicted octanol–water partition coefficient (Wildman–Crippen LogP) is 3.55. The molecule has 0 fully saturated rings. The van der Waals surface area contributed by atoms with E-state index in [-0.39, 0.29) is 17.7 Å². The first-order valence-electron chi connectivity index (χ1n) is 7.72. The van der Waals surface area contributed by atoms with Crippen LogP contribution in [0.5, 0.6) is 5.75 Å². The molecule has 2 aliphatic rings. The van der Waals surface area contributed by atoms with E-state index in [4.69, 9.17) is 4.74 Å². The topological polar surface area (TPSA) is 43.4 Å². The Balaban J connectivity index is 2.01. The number of ketones is 1. The molecule has 0 amide bonds. The number of carbonyl (C=O) groups excluding carboxylic acids is 2. The van der Waals surface area contributed by atoms with Crippen LogP contribution in [0.4, 0.5) is 0 Å². The highest BCUT2D eigenvalue weighted by Crippen LogP contribution is 2.55. The molecule has 23 heavy (non-hydrogen) atoms.